The van der Waals surface area contributed by atoms with E-state index in [2.05, 4.69) is 13.0 Å². The number of benzene rings is 1. The van der Waals surface area contributed by atoms with Crippen molar-refractivity contribution in [2.75, 3.05) is 13.7 Å². The Morgan fingerprint density at radius 2 is 2.28 bits per heavy atom. The van der Waals surface area contributed by atoms with Gasteiger partial charge in [-0.1, -0.05) is 24.1 Å². The Morgan fingerprint density at radius 1 is 1.50 bits per heavy atom. The van der Waals surface area contributed by atoms with Gasteiger partial charge in [-0.25, -0.2) is 0 Å². The zero-order chi connectivity index (χ0) is 13.2. The van der Waals surface area contributed by atoms with Gasteiger partial charge in [0.15, 0.2) is 0 Å². The summed E-state index contributed by atoms with van der Waals surface area (Å²) in [5.41, 5.74) is 8.14. The van der Waals surface area contributed by atoms with Crippen LogP contribution < -0.4 is 10.5 Å². The van der Waals surface area contributed by atoms with E-state index in [0.717, 1.165) is 37.0 Å². The summed E-state index contributed by atoms with van der Waals surface area (Å²) in [4.78, 5) is 0. The summed E-state index contributed by atoms with van der Waals surface area (Å²) in [6.45, 7) is 2.61. The highest BCUT2D eigenvalue weighted by Gasteiger charge is 2.41. The second-order valence-corrected chi connectivity index (χ2v) is 5.47. The zero-order valence-electron chi connectivity index (χ0n) is 11.3. The fourth-order valence-corrected chi connectivity index (χ4v) is 3.06. The van der Waals surface area contributed by atoms with E-state index in [1.54, 1.807) is 7.11 Å². The molecule has 0 spiro atoms. The molecule has 3 heteroatoms. The molecule has 2 atom stereocenters. The van der Waals surface area contributed by atoms with Crippen molar-refractivity contribution in [3.63, 3.8) is 0 Å². The second kappa shape index (κ2) is 5.29. The van der Waals surface area contributed by atoms with Gasteiger partial charge in [0.2, 0.25) is 0 Å². The first-order valence-electron chi connectivity index (χ1n) is 6.63. The van der Waals surface area contributed by atoms with Gasteiger partial charge in [0.25, 0.3) is 0 Å². The molecule has 18 heavy (non-hydrogen) atoms. The molecule has 1 saturated carbocycles. The highest BCUT2D eigenvalue weighted by molar-refractivity contribution is 5.38. The Morgan fingerprint density at radius 3 is 2.83 bits per heavy atom. The monoisotopic (exact) mass is 249 g/mol. The second-order valence-electron chi connectivity index (χ2n) is 5.47. The lowest BCUT2D eigenvalue weighted by Crippen LogP contribution is -2.39. The first-order valence-corrected chi connectivity index (χ1v) is 6.63. The predicted octanol–water partition coefficient (Wildman–Crippen LogP) is 2.04. The van der Waals surface area contributed by atoms with E-state index in [4.69, 9.17) is 10.5 Å². The molecule has 1 fully saturated rings. The number of methoxy groups -OCH3 is 1. The van der Waals surface area contributed by atoms with Gasteiger partial charge >= 0.3 is 0 Å². The summed E-state index contributed by atoms with van der Waals surface area (Å²) in [5.74, 6) is 0.896. The van der Waals surface area contributed by atoms with Crippen LogP contribution in [0.1, 0.15) is 30.4 Å². The number of ether oxygens (including phenoxy) is 1. The zero-order valence-corrected chi connectivity index (χ0v) is 11.3. The van der Waals surface area contributed by atoms with Crippen molar-refractivity contribution in [3.8, 4) is 5.75 Å². The molecule has 3 N–H and O–H groups in total. The minimum absolute atomic E-state index is 0.166. The maximum Gasteiger partial charge on any atom is 0.122 e. The standard InChI is InChI=1S/C15H23NO2/c1-11-5-6-13(18-2)12(8-11)9-15(10-16)7-3-4-14(15)17/h5-6,8,14,17H,3-4,7,9-10,16H2,1-2H3. The fourth-order valence-electron chi connectivity index (χ4n) is 3.06. The first kappa shape index (κ1) is 13.4. The van der Waals surface area contributed by atoms with Crippen LogP contribution in [0.4, 0.5) is 0 Å². The fraction of sp³-hybridized carbons (Fsp3) is 0.600. The predicted molar refractivity (Wildman–Crippen MR) is 72.8 cm³/mol. The van der Waals surface area contributed by atoms with Crippen LogP contribution in [0.15, 0.2) is 18.2 Å². The van der Waals surface area contributed by atoms with E-state index in [9.17, 15) is 5.11 Å². The van der Waals surface area contributed by atoms with E-state index in [1.165, 1.54) is 5.56 Å². The lowest BCUT2D eigenvalue weighted by molar-refractivity contribution is 0.0584. The topological polar surface area (TPSA) is 55.5 Å². The molecule has 0 bridgehead atoms. The van der Waals surface area contributed by atoms with Crippen molar-refractivity contribution in [1.82, 2.24) is 0 Å². The van der Waals surface area contributed by atoms with E-state index in [-0.39, 0.29) is 11.5 Å². The number of hydrogen-bond acceptors (Lipinski definition) is 3. The molecule has 1 aromatic carbocycles. The molecule has 1 aliphatic rings. The van der Waals surface area contributed by atoms with Crippen molar-refractivity contribution >= 4 is 0 Å². The smallest absolute Gasteiger partial charge is 0.122 e. The summed E-state index contributed by atoms with van der Waals surface area (Å²) in [7, 11) is 1.69. The molecule has 1 aliphatic carbocycles. The summed E-state index contributed by atoms with van der Waals surface area (Å²) in [5, 5.41) is 10.2. The lowest BCUT2D eigenvalue weighted by Gasteiger charge is -2.32. The molecular formula is C15H23NO2. The number of nitrogens with two attached hydrogens (primary N) is 1. The maximum atomic E-state index is 10.2. The van der Waals surface area contributed by atoms with Gasteiger partial charge in [0.05, 0.1) is 13.2 Å². The molecular weight excluding hydrogens is 226 g/mol. The van der Waals surface area contributed by atoms with Crippen LogP contribution in [0.25, 0.3) is 0 Å². The van der Waals surface area contributed by atoms with Gasteiger partial charge in [0.1, 0.15) is 5.75 Å². The van der Waals surface area contributed by atoms with Crippen LogP contribution in [0.3, 0.4) is 0 Å². The molecule has 0 saturated heterocycles. The lowest BCUT2D eigenvalue weighted by atomic mass is 9.78. The van der Waals surface area contributed by atoms with Crippen molar-refractivity contribution in [1.29, 1.82) is 0 Å². The van der Waals surface area contributed by atoms with Crippen LogP contribution in [0.2, 0.25) is 0 Å². The van der Waals surface area contributed by atoms with Gasteiger partial charge < -0.3 is 15.6 Å². The van der Waals surface area contributed by atoms with Crippen molar-refractivity contribution < 1.29 is 9.84 Å². The van der Waals surface area contributed by atoms with Gasteiger partial charge in [0, 0.05) is 12.0 Å². The molecule has 0 aliphatic heterocycles. The largest absolute Gasteiger partial charge is 0.496 e. The first-order chi connectivity index (χ1) is 8.61. The van der Waals surface area contributed by atoms with E-state index >= 15 is 0 Å². The number of hydrogen-bond donors (Lipinski definition) is 2. The van der Waals surface area contributed by atoms with Gasteiger partial charge in [-0.15, -0.1) is 0 Å². The van der Waals surface area contributed by atoms with E-state index < -0.39 is 0 Å². The minimum Gasteiger partial charge on any atom is -0.496 e. The van der Waals surface area contributed by atoms with Crippen molar-refractivity contribution in [3.05, 3.63) is 29.3 Å². The number of aryl methyl sites for hydroxylation is 1. The van der Waals surface area contributed by atoms with Crippen LogP contribution in [-0.2, 0) is 6.42 Å². The Balaban J connectivity index is 2.29. The summed E-state index contributed by atoms with van der Waals surface area (Å²) in [6, 6.07) is 6.18. The average molecular weight is 249 g/mol. The van der Waals surface area contributed by atoms with Crippen LogP contribution in [0, 0.1) is 12.3 Å². The normalized spacial score (nSPS) is 27.4. The molecule has 1 aromatic rings. The SMILES string of the molecule is COc1ccc(C)cc1CC1(CN)CCCC1O. The summed E-state index contributed by atoms with van der Waals surface area (Å²) < 4.78 is 5.41. The number of rotatable bonds is 4. The maximum absolute atomic E-state index is 10.2. The Hall–Kier alpha value is -1.06. The summed E-state index contributed by atoms with van der Waals surface area (Å²) >= 11 is 0. The number of aliphatic hydroxyl groups is 1. The average Bonchev–Trinajstić information content (AvgIpc) is 2.72. The highest BCUT2D eigenvalue weighted by Crippen LogP contribution is 2.42. The molecule has 3 nitrogen and oxygen atoms in total. The third-order valence-electron chi connectivity index (χ3n) is 4.24. The molecule has 0 amide bonds. The van der Waals surface area contributed by atoms with Gasteiger partial charge in [-0.05, 0) is 37.8 Å². The molecule has 2 rings (SSSR count). The molecule has 0 heterocycles. The summed E-state index contributed by atoms with van der Waals surface area (Å²) in [6.07, 6.45) is 3.45. The molecule has 100 valence electrons. The Bertz CT molecular complexity index is 419. The van der Waals surface area contributed by atoms with E-state index in [0.29, 0.717) is 6.54 Å². The highest BCUT2D eigenvalue weighted by atomic mass is 16.5. The minimum atomic E-state index is -0.285. The molecule has 0 radical (unpaired) electrons. The molecule has 2 unspecified atom stereocenters. The van der Waals surface area contributed by atoms with Crippen molar-refractivity contribution in [2.45, 2.75) is 38.7 Å². The van der Waals surface area contributed by atoms with Crippen LogP contribution in [-0.4, -0.2) is 24.9 Å². The van der Waals surface area contributed by atoms with Crippen LogP contribution in [0.5, 0.6) is 5.75 Å². The molecule has 0 aromatic heterocycles. The van der Waals surface area contributed by atoms with E-state index in [1.807, 2.05) is 12.1 Å². The van der Waals surface area contributed by atoms with Gasteiger partial charge in [-0.3, -0.25) is 0 Å². The Labute approximate surface area is 109 Å². The van der Waals surface area contributed by atoms with Crippen molar-refractivity contribution in [2.24, 2.45) is 11.1 Å². The number of aliphatic hydroxyl groups excluding tert-OH is 1. The third-order valence-corrected chi connectivity index (χ3v) is 4.24. The Kier molecular flexibility index (Phi) is 3.93. The van der Waals surface area contributed by atoms with Crippen LogP contribution >= 0.6 is 0 Å². The third kappa shape index (κ3) is 2.38. The quantitative estimate of drug-likeness (QED) is 0.858. The van der Waals surface area contributed by atoms with Gasteiger partial charge in [-0.2, -0.15) is 0 Å².